The third-order valence-electron chi connectivity index (χ3n) is 2.98. The van der Waals surface area contributed by atoms with Crippen LogP contribution in [-0.4, -0.2) is 33.0 Å². The van der Waals surface area contributed by atoms with Gasteiger partial charge < -0.3 is 15.2 Å². The summed E-state index contributed by atoms with van der Waals surface area (Å²) in [5.74, 6) is -0.550. The largest absolute Gasteiger partial charge is 0.427 e. The summed E-state index contributed by atoms with van der Waals surface area (Å²) in [6, 6.07) is 3.48. The zero-order chi connectivity index (χ0) is 17.0. The summed E-state index contributed by atoms with van der Waals surface area (Å²) in [7, 11) is 1.70. The van der Waals surface area contributed by atoms with Gasteiger partial charge in [-0.05, 0) is 6.07 Å². The molecule has 124 valence electrons. The summed E-state index contributed by atoms with van der Waals surface area (Å²) in [5, 5.41) is 27.5. The van der Waals surface area contributed by atoms with Gasteiger partial charge in [-0.25, -0.2) is 0 Å². The van der Waals surface area contributed by atoms with Crippen LogP contribution in [-0.2, 0) is 7.05 Å². The highest BCUT2D eigenvalue weighted by atomic mass is 19.3. The number of alkyl halides is 2. The highest BCUT2D eigenvalue weighted by Gasteiger charge is 2.19. The van der Waals surface area contributed by atoms with Crippen molar-refractivity contribution in [2.75, 3.05) is 11.9 Å². The minimum absolute atomic E-state index is 0.0671. The maximum atomic E-state index is 12.3. The molecule has 0 saturated heterocycles. The fourth-order valence-corrected chi connectivity index (χ4v) is 1.91. The van der Waals surface area contributed by atoms with Crippen LogP contribution in [0, 0.1) is 10.1 Å². The van der Waals surface area contributed by atoms with Crippen LogP contribution >= 0.6 is 0 Å². The molecule has 0 fully saturated rings. The van der Waals surface area contributed by atoms with E-state index in [2.05, 4.69) is 15.2 Å². The van der Waals surface area contributed by atoms with Crippen LogP contribution < -0.4 is 10.1 Å². The van der Waals surface area contributed by atoms with E-state index >= 15 is 0 Å². The number of halogens is 2. The van der Waals surface area contributed by atoms with Gasteiger partial charge in [0.15, 0.2) is 0 Å². The first-order valence-electron chi connectivity index (χ1n) is 6.50. The number of anilines is 1. The van der Waals surface area contributed by atoms with E-state index in [-0.39, 0.29) is 6.54 Å². The summed E-state index contributed by atoms with van der Waals surface area (Å²) in [6.07, 6.45) is 2.25. The van der Waals surface area contributed by atoms with Gasteiger partial charge in [-0.1, -0.05) is 0 Å². The maximum absolute atomic E-state index is 12.3. The monoisotopic (exact) mass is 328 g/mol. The van der Waals surface area contributed by atoms with Crippen molar-refractivity contribution in [2.24, 2.45) is 7.05 Å². The van der Waals surface area contributed by atoms with E-state index in [0.717, 1.165) is 12.1 Å². The molecule has 1 heterocycles. The van der Waals surface area contributed by atoms with Crippen LogP contribution in [0.3, 0.4) is 0 Å². The normalized spacial score (nSPS) is 12.2. The fraction of sp³-hybridized carbons (Fsp3) is 0.308. The molecule has 0 aliphatic rings. The summed E-state index contributed by atoms with van der Waals surface area (Å²) in [4.78, 5) is 9.97. The molecule has 2 N–H and O–H groups in total. The highest BCUT2D eigenvalue weighted by Crippen LogP contribution is 2.31. The summed E-state index contributed by atoms with van der Waals surface area (Å²) < 4.78 is 30.3. The third kappa shape index (κ3) is 4.36. The van der Waals surface area contributed by atoms with Gasteiger partial charge in [0.25, 0.3) is 0 Å². The zero-order valence-corrected chi connectivity index (χ0v) is 12.0. The molecule has 0 spiro atoms. The Morgan fingerprint density at radius 3 is 2.83 bits per heavy atom. The van der Waals surface area contributed by atoms with Crippen molar-refractivity contribution in [3.05, 3.63) is 46.3 Å². The lowest BCUT2D eigenvalue weighted by Crippen LogP contribution is -2.12. The van der Waals surface area contributed by atoms with Crippen molar-refractivity contribution in [1.82, 2.24) is 9.78 Å². The molecule has 8 nitrogen and oxygen atoms in total. The molecular weight excluding hydrogens is 314 g/mol. The Balaban J connectivity index is 2.09. The Bertz CT molecular complexity index is 692. The van der Waals surface area contributed by atoms with Crippen LogP contribution in [0.4, 0.5) is 20.2 Å². The number of nitro groups is 1. The molecule has 1 aromatic carbocycles. The van der Waals surface area contributed by atoms with Gasteiger partial charge in [-0.2, -0.15) is 13.9 Å². The molecule has 0 amide bonds. The van der Waals surface area contributed by atoms with Crippen molar-refractivity contribution in [3.8, 4) is 5.75 Å². The Hall–Kier alpha value is -2.75. The van der Waals surface area contributed by atoms with E-state index in [1.54, 1.807) is 13.2 Å². The molecular formula is C13H14F2N4O4. The maximum Gasteiger partial charge on any atom is 0.387 e. The summed E-state index contributed by atoms with van der Waals surface area (Å²) >= 11 is 0. The van der Waals surface area contributed by atoms with Crippen LogP contribution in [0.1, 0.15) is 11.7 Å². The molecule has 23 heavy (non-hydrogen) atoms. The lowest BCUT2D eigenvalue weighted by atomic mass is 10.2. The number of hydrogen-bond donors (Lipinski definition) is 2. The van der Waals surface area contributed by atoms with Gasteiger partial charge in [-0.15, -0.1) is 0 Å². The molecule has 1 aromatic heterocycles. The van der Waals surface area contributed by atoms with E-state index in [1.807, 2.05) is 0 Å². The van der Waals surface area contributed by atoms with Gasteiger partial charge in [0.05, 0.1) is 17.2 Å². The van der Waals surface area contributed by atoms with Crippen LogP contribution in [0.2, 0.25) is 0 Å². The van der Waals surface area contributed by atoms with Crippen molar-refractivity contribution < 1.29 is 23.5 Å². The third-order valence-corrected chi connectivity index (χ3v) is 2.98. The number of hydrogen-bond acceptors (Lipinski definition) is 6. The standard InChI is InChI=1S/C13H14F2N4O4/c1-18-7-8(5-17-18)11(20)6-16-9-2-3-10(19(21)22)12(4-9)23-13(14)15/h2-5,7,11,13,16,20H,6H2,1H3. The van der Waals surface area contributed by atoms with Crippen molar-refractivity contribution in [2.45, 2.75) is 12.7 Å². The second kappa shape index (κ2) is 7.01. The van der Waals surface area contributed by atoms with E-state index in [0.29, 0.717) is 11.3 Å². The van der Waals surface area contributed by atoms with E-state index in [9.17, 15) is 24.0 Å². The minimum Gasteiger partial charge on any atom is -0.427 e. The molecule has 0 aliphatic heterocycles. The van der Waals surface area contributed by atoms with E-state index in [4.69, 9.17) is 0 Å². The number of aryl methyl sites for hydroxylation is 1. The average Bonchev–Trinajstić information content (AvgIpc) is 2.90. The fourth-order valence-electron chi connectivity index (χ4n) is 1.91. The molecule has 0 bridgehead atoms. The van der Waals surface area contributed by atoms with Crippen LogP contribution in [0.15, 0.2) is 30.6 Å². The number of nitrogens with one attached hydrogen (secondary N) is 1. The number of rotatable bonds is 7. The van der Waals surface area contributed by atoms with Gasteiger partial charge in [0.1, 0.15) is 0 Å². The smallest absolute Gasteiger partial charge is 0.387 e. The predicted octanol–water partition coefficient (Wildman–Crippen LogP) is 2.08. The van der Waals surface area contributed by atoms with Crippen LogP contribution in [0.25, 0.3) is 0 Å². The molecule has 2 rings (SSSR count). The number of aromatic nitrogens is 2. The minimum atomic E-state index is -3.18. The summed E-state index contributed by atoms with van der Waals surface area (Å²) in [5.41, 5.74) is 0.309. The SMILES string of the molecule is Cn1cc(C(O)CNc2ccc([N+](=O)[O-])c(OC(F)F)c2)cn1. The van der Waals surface area contributed by atoms with Gasteiger partial charge >= 0.3 is 12.3 Å². The first-order valence-corrected chi connectivity index (χ1v) is 6.50. The quantitative estimate of drug-likeness (QED) is 0.596. The molecule has 0 aliphatic carbocycles. The lowest BCUT2D eigenvalue weighted by Gasteiger charge is -2.12. The molecule has 0 saturated carbocycles. The predicted molar refractivity (Wildman–Crippen MR) is 76.4 cm³/mol. The first-order chi connectivity index (χ1) is 10.9. The molecule has 10 heteroatoms. The number of benzene rings is 1. The van der Waals surface area contributed by atoms with Crippen molar-refractivity contribution >= 4 is 11.4 Å². The molecule has 0 radical (unpaired) electrons. The van der Waals surface area contributed by atoms with E-state index in [1.165, 1.54) is 16.9 Å². The molecule has 1 unspecified atom stereocenters. The Morgan fingerprint density at radius 2 is 2.26 bits per heavy atom. The second-order valence-corrected chi connectivity index (χ2v) is 4.66. The Kier molecular flexibility index (Phi) is 5.06. The lowest BCUT2D eigenvalue weighted by molar-refractivity contribution is -0.386. The van der Waals surface area contributed by atoms with Crippen molar-refractivity contribution in [1.29, 1.82) is 0 Å². The first kappa shape index (κ1) is 16.6. The Morgan fingerprint density at radius 1 is 1.52 bits per heavy atom. The zero-order valence-electron chi connectivity index (χ0n) is 12.0. The van der Waals surface area contributed by atoms with Gasteiger partial charge in [0, 0.05) is 43.2 Å². The molecule has 2 aromatic rings. The van der Waals surface area contributed by atoms with Gasteiger partial charge in [-0.3, -0.25) is 14.8 Å². The van der Waals surface area contributed by atoms with E-state index < -0.39 is 29.1 Å². The average molecular weight is 328 g/mol. The number of nitro benzene ring substituents is 1. The number of ether oxygens (including phenoxy) is 1. The van der Waals surface area contributed by atoms with Crippen molar-refractivity contribution in [3.63, 3.8) is 0 Å². The molecule has 1 atom stereocenters. The van der Waals surface area contributed by atoms with Crippen LogP contribution in [0.5, 0.6) is 5.75 Å². The van der Waals surface area contributed by atoms with Gasteiger partial charge in [0.2, 0.25) is 5.75 Å². The second-order valence-electron chi connectivity index (χ2n) is 4.66. The topological polar surface area (TPSA) is 102 Å². The number of aliphatic hydroxyl groups is 1. The number of nitrogens with zero attached hydrogens (tertiary/aromatic N) is 3. The Labute approximate surface area is 129 Å². The number of aliphatic hydroxyl groups excluding tert-OH is 1. The highest BCUT2D eigenvalue weighted by molar-refractivity contribution is 5.58. The summed E-state index contributed by atoms with van der Waals surface area (Å²) in [6.45, 7) is -3.11.